The van der Waals surface area contributed by atoms with Gasteiger partial charge in [0, 0.05) is 31.5 Å². The van der Waals surface area contributed by atoms with Crippen LogP contribution >= 0.6 is 0 Å². The number of halogens is 2. The van der Waals surface area contributed by atoms with Crippen LogP contribution in [0, 0.1) is 6.92 Å². The van der Waals surface area contributed by atoms with E-state index in [1.165, 1.54) is 0 Å². The third-order valence-electron chi connectivity index (χ3n) is 4.79. The molecule has 1 aromatic heterocycles. The summed E-state index contributed by atoms with van der Waals surface area (Å²) < 4.78 is 32.4. The van der Waals surface area contributed by atoms with Gasteiger partial charge in [0.2, 0.25) is 5.92 Å². The van der Waals surface area contributed by atoms with E-state index in [9.17, 15) is 18.7 Å². The maximum absolute atomic E-state index is 13.6. The van der Waals surface area contributed by atoms with Crippen LogP contribution in [0.15, 0.2) is 24.3 Å². The highest BCUT2D eigenvalue weighted by Gasteiger charge is 2.33. The molecule has 0 aliphatic carbocycles. The van der Waals surface area contributed by atoms with Crippen molar-refractivity contribution in [2.75, 3.05) is 25.1 Å². The fraction of sp³-hybridized carbons (Fsp3) is 0.421. The van der Waals surface area contributed by atoms with E-state index < -0.39 is 11.9 Å². The number of hydrogen-bond donors (Lipinski definition) is 1. The SMILES string of the molecule is COc1ccc(-c2nnc(N3CCCC(F)(F)CC3)c(C(=O)O)c2C)cc1. The predicted molar refractivity (Wildman–Crippen MR) is 96.7 cm³/mol. The molecule has 0 saturated carbocycles. The van der Waals surface area contributed by atoms with Gasteiger partial charge in [-0.15, -0.1) is 10.2 Å². The quantitative estimate of drug-likeness (QED) is 0.874. The van der Waals surface area contributed by atoms with E-state index in [1.54, 1.807) is 43.2 Å². The summed E-state index contributed by atoms with van der Waals surface area (Å²) in [5, 5.41) is 18.1. The Morgan fingerprint density at radius 1 is 1.19 bits per heavy atom. The highest BCUT2D eigenvalue weighted by molar-refractivity contribution is 5.96. The van der Waals surface area contributed by atoms with Gasteiger partial charge in [-0.2, -0.15) is 0 Å². The van der Waals surface area contributed by atoms with Crippen LogP contribution in [-0.4, -0.2) is 47.4 Å². The lowest BCUT2D eigenvalue weighted by Gasteiger charge is -2.24. The number of nitrogens with zero attached hydrogens (tertiary/aromatic N) is 3. The largest absolute Gasteiger partial charge is 0.497 e. The van der Waals surface area contributed by atoms with Gasteiger partial charge in [0.1, 0.15) is 11.3 Å². The number of methoxy groups -OCH3 is 1. The summed E-state index contributed by atoms with van der Waals surface area (Å²) in [6.07, 6.45) is -0.262. The molecule has 0 amide bonds. The number of benzene rings is 1. The first-order valence-corrected chi connectivity index (χ1v) is 8.70. The number of ether oxygens (including phenoxy) is 1. The Bertz CT molecular complexity index is 841. The van der Waals surface area contributed by atoms with Gasteiger partial charge in [-0.3, -0.25) is 0 Å². The average molecular weight is 377 g/mol. The van der Waals surface area contributed by atoms with Crippen molar-refractivity contribution in [3.63, 3.8) is 0 Å². The second kappa shape index (κ2) is 7.46. The van der Waals surface area contributed by atoms with Gasteiger partial charge in [-0.05, 0) is 43.2 Å². The summed E-state index contributed by atoms with van der Waals surface area (Å²) in [5.74, 6) is -3.06. The Kier molecular flexibility index (Phi) is 5.25. The topological polar surface area (TPSA) is 75.6 Å². The predicted octanol–water partition coefficient (Wildman–Crippen LogP) is 3.78. The molecule has 6 nitrogen and oxygen atoms in total. The van der Waals surface area contributed by atoms with Gasteiger partial charge in [0.05, 0.1) is 12.8 Å². The van der Waals surface area contributed by atoms with Crippen LogP contribution in [-0.2, 0) is 0 Å². The Morgan fingerprint density at radius 3 is 2.52 bits per heavy atom. The first-order chi connectivity index (χ1) is 12.8. The molecule has 1 N–H and O–H groups in total. The zero-order valence-corrected chi connectivity index (χ0v) is 15.2. The van der Waals surface area contributed by atoms with Gasteiger partial charge in [-0.25, -0.2) is 13.6 Å². The van der Waals surface area contributed by atoms with E-state index in [-0.39, 0.29) is 37.2 Å². The maximum atomic E-state index is 13.6. The van der Waals surface area contributed by atoms with Crippen LogP contribution in [0.1, 0.15) is 35.2 Å². The smallest absolute Gasteiger partial charge is 0.339 e. The molecule has 1 fully saturated rings. The molecule has 1 aliphatic rings. The van der Waals surface area contributed by atoms with E-state index in [0.29, 0.717) is 29.1 Å². The van der Waals surface area contributed by atoms with Gasteiger partial charge < -0.3 is 14.7 Å². The minimum atomic E-state index is -2.73. The van der Waals surface area contributed by atoms with Crippen molar-refractivity contribution in [2.45, 2.75) is 32.1 Å². The van der Waals surface area contributed by atoms with Crippen molar-refractivity contribution in [1.82, 2.24) is 10.2 Å². The third-order valence-corrected chi connectivity index (χ3v) is 4.79. The third kappa shape index (κ3) is 3.99. The molecular formula is C19H21F2N3O3. The maximum Gasteiger partial charge on any atom is 0.339 e. The molecular weight excluding hydrogens is 356 g/mol. The number of carboxylic acid groups (broad SMARTS) is 1. The molecule has 0 radical (unpaired) electrons. The number of carboxylic acids is 1. The van der Waals surface area contributed by atoms with Crippen LogP contribution in [0.3, 0.4) is 0 Å². The van der Waals surface area contributed by atoms with Crippen molar-refractivity contribution in [1.29, 1.82) is 0 Å². The van der Waals surface area contributed by atoms with Crippen LogP contribution in [0.5, 0.6) is 5.75 Å². The molecule has 0 unspecified atom stereocenters. The standard InChI is InChI=1S/C19H21F2N3O3/c1-12-15(18(25)26)17(24-10-3-8-19(20,21)9-11-24)23-22-16(12)13-4-6-14(27-2)7-5-13/h4-7H,3,8-11H2,1-2H3,(H,25,26). The molecule has 3 rings (SSSR count). The van der Waals surface area contributed by atoms with Crippen molar-refractivity contribution in [3.05, 3.63) is 35.4 Å². The minimum absolute atomic E-state index is 0.000958. The van der Waals surface area contributed by atoms with E-state index >= 15 is 0 Å². The summed E-state index contributed by atoms with van der Waals surface area (Å²) in [6, 6.07) is 7.05. The van der Waals surface area contributed by atoms with Crippen LogP contribution in [0.2, 0.25) is 0 Å². The van der Waals surface area contributed by atoms with Crippen molar-refractivity contribution >= 4 is 11.8 Å². The fourth-order valence-electron chi connectivity index (χ4n) is 3.28. The van der Waals surface area contributed by atoms with E-state index in [1.807, 2.05) is 0 Å². The van der Waals surface area contributed by atoms with Crippen molar-refractivity contribution < 1.29 is 23.4 Å². The number of aromatic nitrogens is 2. The number of hydrogen-bond acceptors (Lipinski definition) is 5. The van der Waals surface area contributed by atoms with Crippen molar-refractivity contribution in [3.8, 4) is 17.0 Å². The Balaban J connectivity index is 2.01. The average Bonchev–Trinajstić information content (AvgIpc) is 2.82. The summed E-state index contributed by atoms with van der Waals surface area (Å²) >= 11 is 0. The zero-order chi connectivity index (χ0) is 19.6. The summed E-state index contributed by atoms with van der Waals surface area (Å²) in [7, 11) is 1.56. The second-order valence-electron chi connectivity index (χ2n) is 6.60. The van der Waals surface area contributed by atoms with E-state index in [4.69, 9.17) is 4.74 Å². The summed E-state index contributed by atoms with van der Waals surface area (Å²) in [4.78, 5) is 13.5. The molecule has 1 saturated heterocycles. The molecule has 1 aliphatic heterocycles. The second-order valence-corrected chi connectivity index (χ2v) is 6.60. The lowest BCUT2D eigenvalue weighted by atomic mass is 10.0. The van der Waals surface area contributed by atoms with Gasteiger partial charge in [-0.1, -0.05) is 0 Å². The Morgan fingerprint density at radius 2 is 1.89 bits per heavy atom. The van der Waals surface area contributed by atoms with E-state index in [0.717, 1.165) is 0 Å². The van der Waals surface area contributed by atoms with Gasteiger partial charge in [0.25, 0.3) is 0 Å². The van der Waals surface area contributed by atoms with Gasteiger partial charge >= 0.3 is 5.97 Å². The highest BCUT2D eigenvalue weighted by Crippen LogP contribution is 2.33. The summed E-state index contributed by atoms with van der Waals surface area (Å²) in [6.45, 7) is 2.03. The van der Waals surface area contributed by atoms with E-state index in [2.05, 4.69) is 10.2 Å². The molecule has 2 heterocycles. The number of rotatable bonds is 4. The lowest BCUT2D eigenvalue weighted by molar-refractivity contribution is -0.0102. The monoisotopic (exact) mass is 377 g/mol. The molecule has 144 valence electrons. The van der Waals surface area contributed by atoms with Crippen LogP contribution in [0.4, 0.5) is 14.6 Å². The number of aromatic carboxylic acids is 1. The molecule has 0 spiro atoms. The normalized spacial score (nSPS) is 16.7. The zero-order valence-electron chi connectivity index (χ0n) is 15.2. The fourth-order valence-corrected chi connectivity index (χ4v) is 3.28. The molecule has 8 heteroatoms. The lowest BCUT2D eigenvalue weighted by Crippen LogP contribution is -2.29. The number of anilines is 1. The molecule has 0 bridgehead atoms. The molecule has 27 heavy (non-hydrogen) atoms. The number of carbonyl (C=O) groups is 1. The first kappa shape index (κ1) is 19.0. The van der Waals surface area contributed by atoms with Crippen molar-refractivity contribution in [2.24, 2.45) is 0 Å². The minimum Gasteiger partial charge on any atom is -0.497 e. The molecule has 0 atom stereocenters. The van der Waals surface area contributed by atoms with Crippen LogP contribution in [0.25, 0.3) is 11.3 Å². The van der Waals surface area contributed by atoms with Crippen LogP contribution < -0.4 is 9.64 Å². The number of alkyl halides is 2. The molecule has 1 aromatic carbocycles. The Hall–Kier alpha value is -2.77. The van der Waals surface area contributed by atoms with Gasteiger partial charge in [0.15, 0.2) is 5.82 Å². The first-order valence-electron chi connectivity index (χ1n) is 8.70. The Labute approximate surface area is 155 Å². The highest BCUT2D eigenvalue weighted by atomic mass is 19.3. The summed E-state index contributed by atoms with van der Waals surface area (Å²) in [5.41, 5.74) is 1.60. The molecule has 2 aromatic rings.